The van der Waals surface area contributed by atoms with Crippen molar-refractivity contribution in [3.63, 3.8) is 0 Å². The predicted molar refractivity (Wildman–Crippen MR) is 107 cm³/mol. The van der Waals surface area contributed by atoms with Crippen molar-refractivity contribution in [2.24, 2.45) is 0 Å². The van der Waals surface area contributed by atoms with Crippen LogP contribution in [0.3, 0.4) is 0 Å². The van der Waals surface area contributed by atoms with Crippen LogP contribution in [0.2, 0.25) is 0 Å². The van der Waals surface area contributed by atoms with Gasteiger partial charge in [0.25, 0.3) is 0 Å². The van der Waals surface area contributed by atoms with Crippen LogP contribution in [0.4, 0.5) is 0 Å². The van der Waals surface area contributed by atoms with Crippen LogP contribution in [0.1, 0.15) is 18.5 Å². The highest BCUT2D eigenvalue weighted by atomic mass is 32.2. The summed E-state index contributed by atoms with van der Waals surface area (Å²) in [6.07, 6.45) is 0. The van der Waals surface area contributed by atoms with E-state index >= 15 is 0 Å². The van der Waals surface area contributed by atoms with E-state index in [9.17, 15) is 13.2 Å². The number of amides is 1. The number of sulfonamides is 1. The lowest BCUT2D eigenvalue weighted by atomic mass is 10.1. The second kappa shape index (κ2) is 7.90. The van der Waals surface area contributed by atoms with Gasteiger partial charge in [-0.1, -0.05) is 60.7 Å². The lowest BCUT2D eigenvalue weighted by molar-refractivity contribution is -0.121. The quantitative estimate of drug-likeness (QED) is 0.711. The number of benzene rings is 3. The van der Waals surface area contributed by atoms with Crippen molar-refractivity contribution in [3.8, 4) is 0 Å². The van der Waals surface area contributed by atoms with E-state index in [-0.39, 0.29) is 23.4 Å². The highest BCUT2D eigenvalue weighted by molar-refractivity contribution is 7.89. The molecule has 0 aromatic heterocycles. The minimum atomic E-state index is -3.75. The van der Waals surface area contributed by atoms with Gasteiger partial charge in [0, 0.05) is 7.05 Å². The molecule has 0 fully saturated rings. The molecule has 6 heteroatoms. The highest BCUT2D eigenvalue weighted by Crippen LogP contribution is 2.21. The largest absolute Gasteiger partial charge is 0.348 e. The third-order valence-electron chi connectivity index (χ3n) is 4.47. The van der Waals surface area contributed by atoms with Gasteiger partial charge in [0.1, 0.15) is 0 Å². The molecule has 1 N–H and O–H groups in total. The molecule has 1 amide bonds. The Hall–Kier alpha value is -2.70. The summed E-state index contributed by atoms with van der Waals surface area (Å²) in [5, 5.41) is 4.64. The smallest absolute Gasteiger partial charge is 0.243 e. The second-order valence-corrected chi connectivity index (χ2v) is 8.51. The zero-order valence-corrected chi connectivity index (χ0v) is 16.1. The Bertz CT molecular complexity index is 1050. The van der Waals surface area contributed by atoms with Gasteiger partial charge in [-0.25, -0.2) is 8.42 Å². The summed E-state index contributed by atoms with van der Waals surface area (Å²) < 4.78 is 26.7. The maximum atomic E-state index is 12.8. The summed E-state index contributed by atoms with van der Waals surface area (Å²) in [5.74, 6) is -0.349. The third-order valence-corrected chi connectivity index (χ3v) is 6.27. The molecule has 0 aliphatic heterocycles. The van der Waals surface area contributed by atoms with Crippen LogP contribution in [-0.2, 0) is 14.8 Å². The van der Waals surface area contributed by atoms with Crippen LogP contribution in [0, 0.1) is 0 Å². The van der Waals surface area contributed by atoms with Gasteiger partial charge in [-0.2, -0.15) is 4.31 Å². The van der Waals surface area contributed by atoms with Gasteiger partial charge in [-0.05, 0) is 35.4 Å². The van der Waals surface area contributed by atoms with Crippen molar-refractivity contribution in [2.45, 2.75) is 17.9 Å². The zero-order valence-electron chi connectivity index (χ0n) is 15.3. The van der Waals surface area contributed by atoms with E-state index in [1.54, 1.807) is 18.2 Å². The number of likely N-dealkylation sites (N-methyl/N-ethyl adjacent to an activating group) is 1. The van der Waals surface area contributed by atoms with E-state index in [1.807, 2.05) is 61.5 Å². The van der Waals surface area contributed by atoms with Crippen molar-refractivity contribution >= 4 is 26.7 Å². The van der Waals surface area contributed by atoms with Gasteiger partial charge in [0.05, 0.1) is 17.5 Å². The summed E-state index contributed by atoms with van der Waals surface area (Å²) in [6.45, 7) is 1.62. The molecule has 0 aliphatic carbocycles. The second-order valence-electron chi connectivity index (χ2n) is 6.47. The lowest BCUT2D eigenvalue weighted by Gasteiger charge is -2.19. The third kappa shape index (κ3) is 4.35. The summed E-state index contributed by atoms with van der Waals surface area (Å²) in [7, 11) is -2.34. The van der Waals surface area contributed by atoms with Crippen molar-refractivity contribution in [1.29, 1.82) is 0 Å². The van der Waals surface area contributed by atoms with Crippen LogP contribution in [0.25, 0.3) is 10.8 Å². The Kier molecular flexibility index (Phi) is 5.58. The number of fused-ring (bicyclic) bond motifs is 1. The molecule has 3 rings (SSSR count). The first-order chi connectivity index (χ1) is 12.9. The Balaban J connectivity index is 1.71. The van der Waals surface area contributed by atoms with E-state index in [2.05, 4.69) is 5.32 Å². The maximum absolute atomic E-state index is 12.8. The van der Waals surface area contributed by atoms with Crippen LogP contribution >= 0.6 is 0 Å². The molecule has 0 unspecified atom stereocenters. The SMILES string of the molecule is C[C@@H](NC(=O)CN(C)S(=O)(=O)c1ccc2ccccc2c1)c1ccccc1. The summed E-state index contributed by atoms with van der Waals surface area (Å²) in [4.78, 5) is 12.5. The molecule has 0 saturated heterocycles. The standard InChI is InChI=1S/C21H22N2O3S/c1-16(17-8-4-3-5-9-17)22-21(24)15-23(2)27(25,26)20-13-12-18-10-6-7-11-19(18)14-20/h3-14,16H,15H2,1-2H3,(H,22,24)/t16-/m1/s1. The summed E-state index contributed by atoms with van der Waals surface area (Å²) in [6, 6.07) is 21.9. The fraction of sp³-hybridized carbons (Fsp3) is 0.190. The first kappa shape index (κ1) is 19.1. The molecule has 0 heterocycles. The number of hydrogen-bond acceptors (Lipinski definition) is 3. The average Bonchev–Trinajstić information content (AvgIpc) is 2.68. The molecular formula is C21H22N2O3S. The summed E-state index contributed by atoms with van der Waals surface area (Å²) >= 11 is 0. The molecule has 3 aromatic rings. The molecular weight excluding hydrogens is 360 g/mol. The van der Waals surface area contributed by atoms with Gasteiger partial charge >= 0.3 is 0 Å². The normalized spacial score (nSPS) is 12.9. The molecule has 5 nitrogen and oxygen atoms in total. The fourth-order valence-electron chi connectivity index (χ4n) is 2.91. The molecule has 3 aromatic carbocycles. The van der Waals surface area contributed by atoms with Gasteiger partial charge in [-0.15, -0.1) is 0 Å². The van der Waals surface area contributed by atoms with E-state index in [4.69, 9.17) is 0 Å². The van der Waals surface area contributed by atoms with E-state index in [0.29, 0.717) is 0 Å². The Morgan fingerprint density at radius 3 is 2.30 bits per heavy atom. The number of nitrogens with zero attached hydrogens (tertiary/aromatic N) is 1. The fourth-order valence-corrected chi connectivity index (χ4v) is 4.07. The van der Waals surface area contributed by atoms with Crippen LogP contribution in [0.15, 0.2) is 77.7 Å². The van der Waals surface area contributed by atoms with Crippen LogP contribution in [0.5, 0.6) is 0 Å². The minimum Gasteiger partial charge on any atom is -0.348 e. The monoisotopic (exact) mass is 382 g/mol. The number of hydrogen-bond donors (Lipinski definition) is 1. The maximum Gasteiger partial charge on any atom is 0.243 e. The van der Waals surface area contributed by atoms with Crippen LogP contribution in [-0.4, -0.2) is 32.2 Å². The van der Waals surface area contributed by atoms with Gasteiger partial charge in [-0.3, -0.25) is 4.79 Å². The molecule has 1 atom stereocenters. The average molecular weight is 382 g/mol. The minimum absolute atomic E-state index is 0.174. The van der Waals surface area contributed by atoms with Crippen molar-refractivity contribution in [1.82, 2.24) is 9.62 Å². The first-order valence-electron chi connectivity index (χ1n) is 8.67. The number of carbonyl (C=O) groups excluding carboxylic acids is 1. The topological polar surface area (TPSA) is 66.5 Å². The molecule has 27 heavy (non-hydrogen) atoms. The zero-order chi connectivity index (χ0) is 19.4. The van der Waals surface area contributed by atoms with Crippen LogP contribution < -0.4 is 5.32 Å². The van der Waals surface area contributed by atoms with Crippen molar-refractivity contribution in [3.05, 3.63) is 78.4 Å². The molecule has 0 saturated carbocycles. The Morgan fingerprint density at radius 1 is 0.963 bits per heavy atom. The molecule has 0 aliphatic rings. The Labute approximate surface area is 159 Å². The van der Waals surface area contributed by atoms with Gasteiger partial charge in [0.15, 0.2) is 0 Å². The molecule has 0 bridgehead atoms. The van der Waals surface area contributed by atoms with E-state index in [0.717, 1.165) is 20.6 Å². The van der Waals surface area contributed by atoms with E-state index in [1.165, 1.54) is 7.05 Å². The lowest BCUT2D eigenvalue weighted by Crippen LogP contribution is -2.39. The number of nitrogens with one attached hydrogen (secondary N) is 1. The molecule has 140 valence electrons. The predicted octanol–water partition coefficient (Wildman–Crippen LogP) is 3.34. The summed E-state index contributed by atoms with van der Waals surface area (Å²) in [5.41, 5.74) is 0.964. The first-order valence-corrected chi connectivity index (χ1v) is 10.1. The van der Waals surface area contributed by atoms with E-state index < -0.39 is 10.0 Å². The van der Waals surface area contributed by atoms with Gasteiger partial charge < -0.3 is 5.32 Å². The highest BCUT2D eigenvalue weighted by Gasteiger charge is 2.23. The van der Waals surface area contributed by atoms with Crippen molar-refractivity contribution in [2.75, 3.05) is 13.6 Å². The van der Waals surface area contributed by atoms with Crippen molar-refractivity contribution < 1.29 is 13.2 Å². The number of carbonyl (C=O) groups is 1. The molecule has 0 spiro atoms. The molecule has 0 radical (unpaired) electrons. The number of rotatable bonds is 6. The Morgan fingerprint density at radius 2 is 1.59 bits per heavy atom. The van der Waals surface area contributed by atoms with Gasteiger partial charge in [0.2, 0.25) is 15.9 Å².